The van der Waals surface area contributed by atoms with Gasteiger partial charge in [-0.15, -0.1) is 0 Å². The van der Waals surface area contributed by atoms with Gasteiger partial charge < -0.3 is 5.32 Å². The van der Waals surface area contributed by atoms with Gasteiger partial charge in [-0.25, -0.2) is 17.6 Å². The molecule has 2 nitrogen and oxygen atoms in total. The van der Waals surface area contributed by atoms with Crippen LogP contribution in [0.4, 0.5) is 23.2 Å². The van der Waals surface area contributed by atoms with Gasteiger partial charge in [0.2, 0.25) is 0 Å². The monoisotopic (exact) mass is 283 g/mol. The van der Waals surface area contributed by atoms with E-state index in [0.29, 0.717) is 11.8 Å². The second-order valence-corrected chi connectivity index (χ2v) is 4.17. The number of carbonyl (C=O) groups excluding carboxylic acids is 1. The summed E-state index contributed by atoms with van der Waals surface area (Å²) in [6.07, 6.45) is 0. The molecule has 0 aliphatic carbocycles. The largest absolute Gasteiger partial charge is 0.322 e. The third-order valence-corrected chi connectivity index (χ3v) is 2.62. The Labute approximate surface area is 112 Å². The van der Waals surface area contributed by atoms with Crippen LogP contribution in [0.1, 0.15) is 15.9 Å². The van der Waals surface area contributed by atoms with Crippen molar-refractivity contribution in [3.8, 4) is 0 Å². The highest BCUT2D eigenvalue weighted by molar-refractivity contribution is 6.04. The normalized spacial score (nSPS) is 10.4. The first-order valence-corrected chi connectivity index (χ1v) is 5.61. The molecular formula is C14H9F4NO. The Morgan fingerprint density at radius 2 is 1.70 bits per heavy atom. The summed E-state index contributed by atoms with van der Waals surface area (Å²) in [6.45, 7) is 1.77. The van der Waals surface area contributed by atoms with Gasteiger partial charge in [0.25, 0.3) is 5.91 Å². The summed E-state index contributed by atoms with van der Waals surface area (Å²) in [5.41, 5.74) is 0.266. The zero-order valence-electron chi connectivity index (χ0n) is 10.3. The first kappa shape index (κ1) is 14.0. The predicted molar refractivity (Wildman–Crippen MR) is 65.4 cm³/mol. The molecule has 0 heterocycles. The molecule has 20 heavy (non-hydrogen) atoms. The second kappa shape index (κ2) is 5.32. The van der Waals surface area contributed by atoms with E-state index in [0.717, 1.165) is 5.56 Å². The third-order valence-electron chi connectivity index (χ3n) is 2.62. The molecule has 104 valence electrons. The number of hydrogen-bond donors (Lipinski definition) is 1. The maximum absolute atomic E-state index is 13.4. The quantitative estimate of drug-likeness (QED) is 0.507. The summed E-state index contributed by atoms with van der Waals surface area (Å²) in [4.78, 5) is 11.8. The number of nitrogens with one attached hydrogen (secondary N) is 1. The van der Waals surface area contributed by atoms with Gasteiger partial charge in [0.1, 0.15) is 0 Å². The van der Waals surface area contributed by atoms with Crippen LogP contribution in [0.2, 0.25) is 0 Å². The molecule has 0 atom stereocenters. The Morgan fingerprint density at radius 1 is 1.00 bits per heavy atom. The van der Waals surface area contributed by atoms with Crippen molar-refractivity contribution in [1.82, 2.24) is 0 Å². The van der Waals surface area contributed by atoms with Crippen molar-refractivity contribution in [2.75, 3.05) is 5.32 Å². The van der Waals surface area contributed by atoms with Crippen LogP contribution in [0, 0.1) is 30.2 Å². The van der Waals surface area contributed by atoms with Gasteiger partial charge in [-0.1, -0.05) is 12.1 Å². The molecule has 0 bridgehead atoms. The van der Waals surface area contributed by atoms with Gasteiger partial charge >= 0.3 is 0 Å². The van der Waals surface area contributed by atoms with Gasteiger partial charge in [0, 0.05) is 5.69 Å². The SMILES string of the molecule is Cc1cccc(NC(=O)c2cc(F)c(F)c(F)c2F)c1. The fourth-order valence-electron chi connectivity index (χ4n) is 1.66. The van der Waals surface area contributed by atoms with Crippen LogP contribution in [-0.2, 0) is 0 Å². The van der Waals surface area contributed by atoms with E-state index in [1.807, 2.05) is 0 Å². The topological polar surface area (TPSA) is 29.1 Å². The van der Waals surface area contributed by atoms with E-state index >= 15 is 0 Å². The molecule has 2 aromatic carbocycles. The standard InChI is InChI=1S/C14H9F4NO/c1-7-3-2-4-8(5-7)19-14(20)9-6-10(15)12(17)13(18)11(9)16/h2-6H,1H3,(H,19,20). The Morgan fingerprint density at radius 3 is 2.35 bits per heavy atom. The smallest absolute Gasteiger partial charge is 0.258 e. The van der Waals surface area contributed by atoms with Gasteiger partial charge in [-0.05, 0) is 30.7 Å². The van der Waals surface area contributed by atoms with Crippen molar-refractivity contribution >= 4 is 11.6 Å². The molecule has 0 radical (unpaired) electrons. The average Bonchev–Trinajstić information content (AvgIpc) is 2.40. The van der Waals surface area contributed by atoms with Gasteiger partial charge in [0.15, 0.2) is 23.3 Å². The zero-order valence-corrected chi connectivity index (χ0v) is 10.3. The van der Waals surface area contributed by atoms with Crippen molar-refractivity contribution in [2.45, 2.75) is 6.92 Å². The molecule has 0 unspecified atom stereocenters. The minimum Gasteiger partial charge on any atom is -0.322 e. The number of aryl methyl sites for hydroxylation is 1. The molecule has 0 spiro atoms. The lowest BCUT2D eigenvalue weighted by molar-refractivity contribution is 0.102. The maximum atomic E-state index is 13.4. The predicted octanol–water partition coefficient (Wildman–Crippen LogP) is 3.80. The molecule has 0 aromatic heterocycles. The summed E-state index contributed by atoms with van der Waals surface area (Å²) in [6, 6.07) is 6.85. The van der Waals surface area contributed by atoms with Crippen LogP contribution in [0.3, 0.4) is 0 Å². The number of benzene rings is 2. The van der Waals surface area contributed by atoms with Crippen LogP contribution in [0.5, 0.6) is 0 Å². The van der Waals surface area contributed by atoms with Crippen molar-refractivity contribution in [3.63, 3.8) is 0 Å². The molecule has 0 aliphatic heterocycles. The lowest BCUT2D eigenvalue weighted by Crippen LogP contribution is -2.16. The minimum absolute atomic E-state index is 0.318. The molecule has 2 rings (SSSR count). The van der Waals surface area contributed by atoms with E-state index in [1.165, 1.54) is 6.07 Å². The molecule has 0 saturated carbocycles. The molecule has 1 amide bonds. The van der Waals surface area contributed by atoms with E-state index in [9.17, 15) is 22.4 Å². The lowest BCUT2D eigenvalue weighted by Gasteiger charge is -2.08. The van der Waals surface area contributed by atoms with E-state index < -0.39 is 34.7 Å². The fourth-order valence-corrected chi connectivity index (χ4v) is 1.66. The van der Waals surface area contributed by atoms with E-state index in [4.69, 9.17) is 0 Å². The fraction of sp³-hybridized carbons (Fsp3) is 0.0714. The van der Waals surface area contributed by atoms with E-state index in [2.05, 4.69) is 5.32 Å². The second-order valence-electron chi connectivity index (χ2n) is 4.17. The molecule has 0 saturated heterocycles. The van der Waals surface area contributed by atoms with Gasteiger partial charge in [-0.2, -0.15) is 0 Å². The molecule has 0 aliphatic rings. The van der Waals surface area contributed by atoms with Gasteiger partial charge in [0.05, 0.1) is 5.56 Å². The molecule has 1 N–H and O–H groups in total. The number of anilines is 1. The van der Waals surface area contributed by atoms with Crippen molar-refractivity contribution in [3.05, 3.63) is 64.7 Å². The first-order valence-electron chi connectivity index (χ1n) is 5.61. The summed E-state index contributed by atoms with van der Waals surface area (Å²) in [7, 11) is 0. The highest BCUT2D eigenvalue weighted by atomic mass is 19.2. The lowest BCUT2D eigenvalue weighted by atomic mass is 10.1. The number of carbonyl (C=O) groups is 1. The van der Waals surface area contributed by atoms with Crippen LogP contribution >= 0.6 is 0 Å². The first-order chi connectivity index (χ1) is 9.40. The van der Waals surface area contributed by atoms with E-state index in [-0.39, 0.29) is 0 Å². The zero-order chi connectivity index (χ0) is 14.9. The summed E-state index contributed by atoms with van der Waals surface area (Å²) < 4.78 is 52.3. The Bertz CT molecular complexity index is 685. The van der Waals surface area contributed by atoms with Crippen LogP contribution in [0.25, 0.3) is 0 Å². The highest BCUT2D eigenvalue weighted by Gasteiger charge is 2.23. The van der Waals surface area contributed by atoms with Crippen LogP contribution in [0.15, 0.2) is 30.3 Å². The van der Waals surface area contributed by atoms with Crippen LogP contribution in [-0.4, -0.2) is 5.91 Å². The minimum atomic E-state index is -2.01. The Hall–Kier alpha value is -2.37. The molecule has 6 heteroatoms. The van der Waals surface area contributed by atoms with Crippen molar-refractivity contribution in [2.24, 2.45) is 0 Å². The summed E-state index contributed by atoms with van der Waals surface area (Å²) >= 11 is 0. The maximum Gasteiger partial charge on any atom is 0.258 e. The van der Waals surface area contributed by atoms with E-state index in [1.54, 1.807) is 25.1 Å². The molecule has 2 aromatic rings. The number of rotatable bonds is 2. The number of hydrogen-bond acceptors (Lipinski definition) is 1. The molecular weight excluding hydrogens is 274 g/mol. The van der Waals surface area contributed by atoms with Crippen molar-refractivity contribution in [1.29, 1.82) is 0 Å². The Balaban J connectivity index is 2.35. The average molecular weight is 283 g/mol. The highest BCUT2D eigenvalue weighted by Crippen LogP contribution is 2.20. The number of halogens is 4. The van der Waals surface area contributed by atoms with Gasteiger partial charge in [-0.3, -0.25) is 4.79 Å². The Kier molecular flexibility index (Phi) is 3.74. The van der Waals surface area contributed by atoms with Crippen molar-refractivity contribution < 1.29 is 22.4 Å². The van der Waals surface area contributed by atoms with Crippen LogP contribution < -0.4 is 5.32 Å². The molecule has 0 fully saturated rings. The third kappa shape index (κ3) is 2.64. The summed E-state index contributed by atoms with van der Waals surface area (Å²) in [5.74, 6) is -8.38. The summed E-state index contributed by atoms with van der Waals surface area (Å²) in [5, 5.41) is 2.28. The number of amides is 1.